The number of hydrogen-bond acceptors (Lipinski definition) is 6. The molecule has 140 valence electrons. The second kappa shape index (κ2) is 8.73. The lowest BCUT2D eigenvalue weighted by atomic mass is 10.1. The van der Waals surface area contributed by atoms with Crippen molar-refractivity contribution in [2.75, 3.05) is 5.75 Å². The minimum absolute atomic E-state index is 0.0126. The van der Waals surface area contributed by atoms with Crippen molar-refractivity contribution in [1.82, 2.24) is 10.3 Å². The highest BCUT2D eigenvalue weighted by Gasteiger charge is 2.20. The number of para-hydroxylation sites is 2. The maximum absolute atomic E-state index is 12.2. The van der Waals surface area contributed by atoms with Crippen molar-refractivity contribution in [3.63, 3.8) is 0 Å². The highest BCUT2D eigenvalue weighted by atomic mass is 32.2. The number of esters is 1. The SMILES string of the molecule is CC(OC(=O)CSc1nc2ccccc2o1)C(=O)NC(C)c1ccccc1. The van der Waals surface area contributed by atoms with Crippen LogP contribution in [-0.2, 0) is 14.3 Å². The quantitative estimate of drug-likeness (QED) is 0.494. The molecule has 1 aromatic heterocycles. The van der Waals surface area contributed by atoms with Gasteiger partial charge in [-0.05, 0) is 31.5 Å². The van der Waals surface area contributed by atoms with Crippen LogP contribution in [0.25, 0.3) is 11.1 Å². The number of carbonyl (C=O) groups is 2. The molecule has 3 aromatic rings. The van der Waals surface area contributed by atoms with Gasteiger partial charge in [0.1, 0.15) is 11.3 Å². The normalized spacial score (nSPS) is 13.1. The largest absolute Gasteiger partial charge is 0.452 e. The van der Waals surface area contributed by atoms with Crippen LogP contribution in [0.1, 0.15) is 25.5 Å². The molecule has 6 nitrogen and oxygen atoms in total. The smallest absolute Gasteiger partial charge is 0.317 e. The van der Waals surface area contributed by atoms with Gasteiger partial charge in [0, 0.05) is 0 Å². The number of benzene rings is 2. The van der Waals surface area contributed by atoms with E-state index < -0.39 is 12.1 Å². The van der Waals surface area contributed by atoms with Crippen LogP contribution in [0, 0.1) is 0 Å². The Kier molecular flexibility index (Phi) is 6.13. The second-order valence-electron chi connectivity index (χ2n) is 6.01. The Balaban J connectivity index is 1.47. The molecule has 1 amide bonds. The number of amides is 1. The third kappa shape index (κ3) is 5.10. The summed E-state index contributed by atoms with van der Waals surface area (Å²) >= 11 is 1.13. The van der Waals surface area contributed by atoms with Crippen LogP contribution in [0.3, 0.4) is 0 Å². The van der Waals surface area contributed by atoms with E-state index in [0.717, 1.165) is 22.8 Å². The van der Waals surface area contributed by atoms with Gasteiger partial charge in [0.15, 0.2) is 11.7 Å². The lowest BCUT2D eigenvalue weighted by Gasteiger charge is -2.18. The number of rotatable bonds is 7. The standard InChI is InChI=1S/C20H20N2O4S/c1-13(15-8-4-3-5-9-15)21-19(24)14(2)25-18(23)12-27-20-22-16-10-6-7-11-17(16)26-20/h3-11,13-14H,12H2,1-2H3,(H,21,24). The molecule has 7 heteroatoms. The molecule has 0 aliphatic heterocycles. The first-order valence-corrected chi connectivity index (χ1v) is 9.54. The first-order valence-electron chi connectivity index (χ1n) is 8.56. The average Bonchev–Trinajstić information content (AvgIpc) is 3.10. The summed E-state index contributed by atoms with van der Waals surface area (Å²) in [6.07, 6.45) is -0.882. The van der Waals surface area contributed by atoms with Crippen LogP contribution >= 0.6 is 11.8 Å². The van der Waals surface area contributed by atoms with E-state index in [1.807, 2.05) is 61.5 Å². The van der Waals surface area contributed by atoms with Crippen LogP contribution in [0.4, 0.5) is 0 Å². The predicted molar refractivity (Wildman–Crippen MR) is 103 cm³/mol. The number of thioether (sulfide) groups is 1. The van der Waals surface area contributed by atoms with Crippen molar-refractivity contribution < 1.29 is 18.7 Å². The molecule has 0 fully saturated rings. The summed E-state index contributed by atoms with van der Waals surface area (Å²) in [7, 11) is 0. The van der Waals surface area contributed by atoms with Crippen molar-refractivity contribution in [1.29, 1.82) is 0 Å². The minimum atomic E-state index is -0.882. The lowest BCUT2D eigenvalue weighted by Crippen LogP contribution is -2.37. The van der Waals surface area contributed by atoms with Crippen molar-refractivity contribution in [3.05, 3.63) is 60.2 Å². The molecule has 1 N–H and O–H groups in total. The molecule has 1 heterocycles. The van der Waals surface area contributed by atoms with Gasteiger partial charge in [-0.1, -0.05) is 54.2 Å². The fourth-order valence-corrected chi connectivity index (χ4v) is 3.09. The molecule has 0 aliphatic rings. The fraction of sp³-hybridized carbons (Fsp3) is 0.250. The van der Waals surface area contributed by atoms with Gasteiger partial charge in [-0.3, -0.25) is 9.59 Å². The van der Waals surface area contributed by atoms with Gasteiger partial charge >= 0.3 is 5.97 Å². The Bertz CT molecular complexity index is 893. The van der Waals surface area contributed by atoms with E-state index in [4.69, 9.17) is 9.15 Å². The van der Waals surface area contributed by atoms with Crippen molar-refractivity contribution >= 4 is 34.7 Å². The highest BCUT2D eigenvalue weighted by Crippen LogP contribution is 2.23. The molecular weight excluding hydrogens is 364 g/mol. The van der Waals surface area contributed by atoms with Crippen LogP contribution in [-0.4, -0.2) is 28.7 Å². The van der Waals surface area contributed by atoms with Crippen LogP contribution in [0.15, 0.2) is 64.2 Å². The highest BCUT2D eigenvalue weighted by molar-refractivity contribution is 7.99. The Hall–Kier alpha value is -2.80. The predicted octanol–water partition coefficient (Wildman–Crippen LogP) is 3.73. The molecule has 0 saturated carbocycles. The topological polar surface area (TPSA) is 81.4 Å². The summed E-state index contributed by atoms with van der Waals surface area (Å²) in [6, 6.07) is 16.8. The van der Waals surface area contributed by atoms with Gasteiger partial charge in [0.2, 0.25) is 0 Å². The van der Waals surface area contributed by atoms with Gasteiger partial charge in [-0.15, -0.1) is 0 Å². The van der Waals surface area contributed by atoms with Crippen LogP contribution < -0.4 is 5.32 Å². The van der Waals surface area contributed by atoms with Crippen molar-refractivity contribution in [2.45, 2.75) is 31.2 Å². The molecule has 2 aromatic carbocycles. The Morgan fingerprint density at radius 2 is 1.81 bits per heavy atom. The molecule has 0 saturated heterocycles. The van der Waals surface area contributed by atoms with E-state index in [2.05, 4.69) is 10.3 Å². The molecule has 2 atom stereocenters. The van der Waals surface area contributed by atoms with Crippen LogP contribution in [0.2, 0.25) is 0 Å². The zero-order chi connectivity index (χ0) is 19.2. The average molecular weight is 384 g/mol. The zero-order valence-electron chi connectivity index (χ0n) is 15.0. The second-order valence-corrected chi connectivity index (χ2v) is 6.94. The van der Waals surface area contributed by atoms with Gasteiger partial charge in [0.25, 0.3) is 11.1 Å². The Morgan fingerprint density at radius 3 is 2.56 bits per heavy atom. The Labute approximate surface area is 161 Å². The van der Waals surface area contributed by atoms with E-state index in [0.29, 0.717) is 10.8 Å². The molecule has 0 radical (unpaired) electrons. The molecule has 27 heavy (non-hydrogen) atoms. The van der Waals surface area contributed by atoms with Crippen molar-refractivity contribution in [3.8, 4) is 0 Å². The molecule has 2 unspecified atom stereocenters. The summed E-state index contributed by atoms with van der Waals surface area (Å²) in [5, 5.41) is 3.23. The minimum Gasteiger partial charge on any atom is -0.452 e. The monoisotopic (exact) mass is 384 g/mol. The van der Waals surface area contributed by atoms with E-state index in [1.165, 1.54) is 0 Å². The molecule has 0 spiro atoms. The molecule has 3 rings (SSSR count). The fourth-order valence-electron chi connectivity index (χ4n) is 2.47. The number of carbonyl (C=O) groups excluding carboxylic acids is 2. The summed E-state index contributed by atoms with van der Waals surface area (Å²) in [4.78, 5) is 28.5. The number of ether oxygens (including phenoxy) is 1. The molecule has 0 aliphatic carbocycles. The van der Waals surface area contributed by atoms with Gasteiger partial charge in [-0.2, -0.15) is 0 Å². The maximum Gasteiger partial charge on any atom is 0.317 e. The number of nitrogens with zero attached hydrogens (tertiary/aromatic N) is 1. The van der Waals surface area contributed by atoms with E-state index >= 15 is 0 Å². The summed E-state index contributed by atoms with van der Waals surface area (Å²) < 4.78 is 10.7. The summed E-state index contributed by atoms with van der Waals surface area (Å²) in [5.41, 5.74) is 2.38. The number of oxazole rings is 1. The zero-order valence-corrected chi connectivity index (χ0v) is 15.9. The maximum atomic E-state index is 12.2. The lowest BCUT2D eigenvalue weighted by molar-refractivity contribution is -0.152. The third-order valence-corrected chi connectivity index (χ3v) is 4.73. The van der Waals surface area contributed by atoms with Gasteiger partial charge in [0.05, 0.1) is 6.04 Å². The van der Waals surface area contributed by atoms with E-state index in [1.54, 1.807) is 6.92 Å². The Morgan fingerprint density at radius 1 is 1.11 bits per heavy atom. The van der Waals surface area contributed by atoms with Gasteiger partial charge < -0.3 is 14.5 Å². The summed E-state index contributed by atoms with van der Waals surface area (Å²) in [5.74, 6) is -0.831. The number of hydrogen-bond donors (Lipinski definition) is 1. The van der Waals surface area contributed by atoms with Crippen molar-refractivity contribution in [2.24, 2.45) is 0 Å². The first kappa shape index (κ1) is 19.0. The first-order chi connectivity index (χ1) is 13.0. The number of nitrogens with one attached hydrogen (secondary N) is 1. The van der Waals surface area contributed by atoms with E-state index in [9.17, 15) is 9.59 Å². The number of aromatic nitrogens is 1. The molecule has 0 bridgehead atoms. The van der Waals surface area contributed by atoms with Crippen LogP contribution in [0.5, 0.6) is 0 Å². The van der Waals surface area contributed by atoms with E-state index in [-0.39, 0.29) is 17.7 Å². The summed E-state index contributed by atoms with van der Waals surface area (Å²) in [6.45, 7) is 3.43. The number of fused-ring (bicyclic) bond motifs is 1. The third-order valence-electron chi connectivity index (χ3n) is 3.92. The van der Waals surface area contributed by atoms with Gasteiger partial charge in [-0.25, -0.2) is 4.98 Å². The molecular formula is C20H20N2O4S.